The largest absolute Gasteiger partial charge is 0.464 e. The Balaban J connectivity index is 2.03. The fourth-order valence-corrected chi connectivity index (χ4v) is 2.03. The van der Waals surface area contributed by atoms with E-state index in [9.17, 15) is 4.79 Å². The Morgan fingerprint density at radius 2 is 2.28 bits per heavy atom. The monoisotopic (exact) mass is 264 g/mol. The van der Waals surface area contributed by atoms with Crippen LogP contribution in [0.2, 0.25) is 0 Å². The van der Waals surface area contributed by atoms with Crippen LogP contribution < -0.4 is 5.32 Å². The van der Waals surface area contributed by atoms with Gasteiger partial charge in [-0.25, -0.2) is 14.8 Å². The lowest BCUT2D eigenvalue weighted by molar-refractivity contribution is 0.0593. The molecule has 0 fully saturated rings. The van der Waals surface area contributed by atoms with E-state index in [1.54, 1.807) is 17.5 Å². The van der Waals surface area contributed by atoms with Crippen molar-refractivity contribution in [1.82, 2.24) is 15.0 Å². The first-order valence-corrected chi connectivity index (χ1v) is 6.06. The molecule has 0 bridgehead atoms. The fraction of sp³-hybridized carbons (Fsp3) is 0.273. The molecule has 18 heavy (non-hydrogen) atoms. The van der Waals surface area contributed by atoms with Crippen LogP contribution in [0.5, 0.6) is 0 Å². The molecule has 2 heterocycles. The first-order chi connectivity index (χ1) is 8.69. The molecule has 0 spiro atoms. The third kappa shape index (κ3) is 3.01. The maximum absolute atomic E-state index is 11.3. The molecule has 2 aromatic rings. The van der Waals surface area contributed by atoms with Gasteiger partial charge in [0.1, 0.15) is 10.8 Å². The van der Waals surface area contributed by atoms with Crippen LogP contribution in [0.3, 0.4) is 0 Å². The number of anilines is 1. The van der Waals surface area contributed by atoms with Crippen LogP contribution in [0, 0.1) is 6.92 Å². The highest BCUT2D eigenvalue weighted by Gasteiger charge is 2.08. The Morgan fingerprint density at radius 1 is 1.44 bits per heavy atom. The van der Waals surface area contributed by atoms with E-state index < -0.39 is 5.97 Å². The standard InChI is InChI=1S/C11H12N4O2S/c1-7-3-14-10(18-7)6-13-9-5-12-4-8(15-9)11(16)17-2/h3-5H,6H2,1-2H3,(H,13,15). The van der Waals surface area contributed by atoms with Gasteiger partial charge in [0.25, 0.3) is 0 Å². The molecule has 94 valence electrons. The zero-order chi connectivity index (χ0) is 13.0. The molecule has 0 aliphatic heterocycles. The first-order valence-electron chi connectivity index (χ1n) is 5.24. The van der Waals surface area contributed by atoms with E-state index in [1.807, 2.05) is 13.1 Å². The predicted octanol–water partition coefficient (Wildman–Crippen LogP) is 1.64. The highest BCUT2D eigenvalue weighted by molar-refractivity contribution is 7.11. The topological polar surface area (TPSA) is 77.0 Å². The third-order valence-electron chi connectivity index (χ3n) is 2.12. The van der Waals surface area contributed by atoms with E-state index in [-0.39, 0.29) is 5.69 Å². The van der Waals surface area contributed by atoms with Crippen molar-refractivity contribution in [2.45, 2.75) is 13.5 Å². The van der Waals surface area contributed by atoms with Gasteiger partial charge in [-0.15, -0.1) is 11.3 Å². The van der Waals surface area contributed by atoms with Crippen LogP contribution in [-0.4, -0.2) is 28.0 Å². The average Bonchev–Trinajstić information content (AvgIpc) is 2.81. The number of methoxy groups -OCH3 is 1. The average molecular weight is 264 g/mol. The van der Waals surface area contributed by atoms with Gasteiger partial charge in [-0.3, -0.25) is 4.98 Å². The molecule has 7 heteroatoms. The number of nitrogens with one attached hydrogen (secondary N) is 1. The molecule has 2 aromatic heterocycles. The maximum atomic E-state index is 11.3. The molecule has 0 saturated heterocycles. The molecule has 0 amide bonds. The fourth-order valence-electron chi connectivity index (χ4n) is 1.30. The molecule has 0 atom stereocenters. The van der Waals surface area contributed by atoms with Crippen molar-refractivity contribution in [3.63, 3.8) is 0 Å². The zero-order valence-corrected chi connectivity index (χ0v) is 10.8. The summed E-state index contributed by atoms with van der Waals surface area (Å²) in [4.78, 5) is 24.7. The number of thiazole rings is 1. The number of carbonyl (C=O) groups excluding carboxylic acids is 1. The SMILES string of the molecule is COC(=O)c1cncc(NCc2ncc(C)s2)n1. The van der Waals surface area contributed by atoms with Gasteiger partial charge in [0.05, 0.1) is 26.0 Å². The predicted molar refractivity (Wildman–Crippen MR) is 67.5 cm³/mol. The second-order valence-electron chi connectivity index (χ2n) is 3.50. The molecule has 0 aliphatic rings. The minimum atomic E-state index is -0.503. The number of hydrogen-bond acceptors (Lipinski definition) is 7. The minimum absolute atomic E-state index is 0.179. The summed E-state index contributed by atoms with van der Waals surface area (Å²) in [5, 5.41) is 4.02. The van der Waals surface area contributed by atoms with Gasteiger partial charge < -0.3 is 10.1 Å². The molecule has 0 aromatic carbocycles. The van der Waals surface area contributed by atoms with Gasteiger partial charge in [-0.1, -0.05) is 0 Å². The summed E-state index contributed by atoms with van der Waals surface area (Å²) >= 11 is 1.61. The zero-order valence-electron chi connectivity index (χ0n) is 10.0. The van der Waals surface area contributed by atoms with E-state index in [0.717, 1.165) is 9.88 Å². The number of nitrogens with zero attached hydrogens (tertiary/aromatic N) is 3. The van der Waals surface area contributed by atoms with E-state index in [2.05, 4.69) is 25.0 Å². The van der Waals surface area contributed by atoms with Crippen LogP contribution in [0.4, 0.5) is 5.82 Å². The van der Waals surface area contributed by atoms with Gasteiger partial charge in [-0.2, -0.15) is 0 Å². The number of rotatable bonds is 4. The number of aryl methyl sites for hydroxylation is 1. The van der Waals surface area contributed by atoms with Crippen molar-refractivity contribution in [2.75, 3.05) is 12.4 Å². The summed E-state index contributed by atoms with van der Waals surface area (Å²) < 4.78 is 4.58. The van der Waals surface area contributed by atoms with Gasteiger partial charge >= 0.3 is 5.97 Å². The summed E-state index contributed by atoms with van der Waals surface area (Å²) in [6.45, 7) is 2.55. The van der Waals surface area contributed by atoms with Crippen LogP contribution in [0.25, 0.3) is 0 Å². The number of aromatic nitrogens is 3. The van der Waals surface area contributed by atoms with Gasteiger partial charge in [-0.05, 0) is 6.92 Å². The van der Waals surface area contributed by atoms with Crippen molar-refractivity contribution in [2.24, 2.45) is 0 Å². The first kappa shape index (κ1) is 12.4. The lowest BCUT2D eigenvalue weighted by Gasteiger charge is -2.04. The summed E-state index contributed by atoms with van der Waals surface area (Å²) in [7, 11) is 1.31. The van der Waals surface area contributed by atoms with E-state index >= 15 is 0 Å². The van der Waals surface area contributed by atoms with E-state index in [4.69, 9.17) is 0 Å². The highest BCUT2D eigenvalue weighted by Crippen LogP contribution is 2.12. The molecule has 0 radical (unpaired) electrons. The van der Waals surface area contributed by atoms with Gasteiger partial charge in [0.15, 0.2) is 5.69 Å². The maximum Gasteiger partial charge on any atom is 0.358 e. The molecule has 0 unspecified atom stereocenters. The van der Waals surface area contributed by atoms with E-state index in [0.29, 0.717) is 12.4 Å². The Labute approximate surface area is 108 Å². The second-order valence-corrected chi connectivity index (χ2v) is 4.82. The van der Waals surface area contributed by atoms with Crippen LogP contribution in [0.15, 0.2) is 18.6 Å². The molecular weight excluding hydrogens is 252 g/mol. The third-order valence-corrected chi connectivity index (χ3v) is 3.03. The van der Waals surface area contributed by atoms with Crippen LogP contribution >= 0.6 is 11.3 Å². The quantitative estimate of drug-likeness (QED) is 0.846. The number of ether oxygens (including phenoxy) is 1. The van der Waals surface area contributed by atoms with Crippen molar-refractivity contribution in [3.05, 3.63) is 34.2 Å². The Bertz CT molecular complexity index is 555. The smallest absolute Gasteiger partial charge is 0.358 e. The van der Waals surface area contributed by atoms with Crippen molar-refractivity contribution >= 4 is 23.1 Å². The lowest BCUT2D eigenvalue weighted by atomic mass is 10.4. The number of esters is 1. The minimum Gasteiger partial charge on any atom is -0.464 e. The molecule has 6 nitrogen and oxygen atoms in total. The molecular formula is C11H12N4O2S. The molecule has 0 saturated carbocycles. The molecule has 1 N–H and O–H groups in total. The van der Waals surface area contributed by atoms with Crippen LogP contribution in [-0.2, 0) is 11.3 Å². The number of carbonyl (C=O) groups is 1. The highest BCUT2D eigenvalue weighted by atomic mass is 32.1. The van der Waals surface area contributed by atoms with E-state index in [1.165, 1.54) is 13.3 Å². The van der Waals surface area contributed by atoms with Gasteiger partial charge in [0.2, 0.25) is 0 Å². The van der Waals surface area contributed by atoms with Crippen LogP contribution in [0.1, 0.15) is 20.4 Å². The number of hydrogen-bond donors (Lipinski definition) is 1. The van der Waals surface area contributed by atoms with Crippen molar-refractivity contribution in [3.8, 4) is 0 Å². The molecule has 0 aliphatic carbocycles. The summed E-state index contributed by atoms with van der Waals surface area (Å²) in [5.74, 6) is 0.0157. The second kappa shape index (κ2) is 5.54. The summed E-state index contributed by atoms with van der Waals surface area (Å²) in [5.41, 5.74) is 0.179. The Kier molecular flexibility index (Phi) is 3.83. The van der Waals surface area contributed by atoms with Crippen molar-refractivity contribution < 1.29 is 9.53 Å². The molecule has 2 rings (SSSR count). The normalized spacial score (nSPS) is 10.1. The van der Waals surface area contributed by atoms with Gasteiger partial charge in [0, 0.05) is 11.1 Å². The summed E-state index contributed by atoms with van der Waals surface area (Å²) in [6, 6.07) is 0. The summed E-state index contributed by atoms with van der Waals surface area (Å²) in [6.07, 6.45) is 4.73. The van der Waals surface area contributed by atoms with Crippen molar-refractivity contribution in [1.29, 1.82) is 0 Å². The Morgan fingerprint density at radius 3 is 2.94 bits per heavy atom. The Hall–Kier alpha value is -2.02. The lowest BCUT2D eigenvalue weighted by Crippen LogP contribution is -2.08.